The number of hydrogen-bond donors (Lipinski definition) is 0. The molecule has 2 aliphatic carbocycles. The molecule has 31 heavy (non-hydrogen) atoms. The van der Waals surface area contributed by atoms with Gasteiger partial charge in [-0.15, -0.1) is 0 Å². The molecule has 6 nitrogen and oxygen atoms in total. The van der Waals surface area contributed by atoms with Gasteiger partial charge in [0, 0.05) is 16.1 Å². The van der Waals surface area contributed by atoms with Gasteiger partial charge in [-0.2, -0.15) is 10.1 Å². The summed E-state index contributed by atoms with van der Waals surface area (Å²) >= 11 is 6.23. The van der Waals surface area contributed by atoms with Crippen molar-refractivity contribution in [3.63, 3.8) is 0 Å². The van der Waals surface area contributed by atoms with E-state index in [-0.39, 0.29) is 42.1 Å². The molecule has 3 aliphatic rings. The number of para-hydroxylation sites is 1. The van der Waals surface area contributed by atoms with E-state index in [0.717, 1.165) is 17.0 Å². The molecule has 2 bridgehead atoms. The molecule has 2 fully saturated rings. The number of allylic oxidation sites excluding steroid dienone is 2. The average Bonchev–Trinajstić information content (AvgIpc) is 3.46. The van der Waals surface area contributed by atoms with Crippen LogP contribution in [-0.4, -0.2) is 30.1 Å². The number of hydrazone groups is 1. The number of hydrogen-bond acceptors (Lipinski definition) is 5. The van der Waals surface area contributed by atoms with Gasteiger partial charge in [0.2, 0.25) is 0 Å². The lowest BCUT2D eigenvalue weighted by molar-refractivity contribution is -0.140. The summed E-state index contributed by atoms with van der Waals surface area (Å²) in [6, 6.07) is 12.8. The summed E-state index contributed by atoms with van der Waals surface area (Å²) in [5.74, 6) is 0.302. The SMILES string of the molecule is COc1cccc(C=NN2C(=O)[C@@H]3[C@H](C2=O)[C@H]2C=C[C@H]3C2)c1OCc1ccccc1Cl. The van der Waals surface area contributed by atoms with Crippen LogP contribution in [0.2, 0.25) is 5.02 Å². The molecule has 0 unspecified atom stereocenters. The Morgan fingerprint density at radius 3 is 2.45 bits per heavy atom. The Balaban J connectivity index is 1.39. The van der Waals surface area contributed by atoms with Crippen molar-refractivity contribution in [1.82, 2.24) is 5.01 Å². The molecular weight excluding hydrogens is 416 g/mol. The summed E-state index contributed by atoms with van der Waals surface area (Å²) in [6.07, 6.45) is 6.50. The summed E-state index contributed by atoms with van der Waals surface area (Å²) in [5.41, 5.74) is 1.43. The van der Waals surface area contributed by atoms with Crippen LogP contribution in [0.5, 0.6) is 11.5 Å². The lowest BCUT2D eigenvalue weighted by Crippen LogP contribution is -2.28. The molecule has 158 valence electrons. The maximum Gasteiger partial charge on any atom is 0.254 e. The highest BCUT2D eigenvalue weighted by Gasteiger charge is 2.59. The number of nitrogens with zero attached hydrogens (tertiary/aromatic N) is 2. The fourth-order valence-corrected chi connectivity index (χ4v) is 5.03. The Kier molecular flexibility index (Phi) is 5.02. The van der Waals surface area contributed by atoms with Crippen LogP contribution in [-0.2, 0) is 16.2 Å². The number of imide groups is 1. The third-order valence-corrected chi connectivity index (χ3v) is 6.69. The third-order valence-electron chi connectivity index (χ3n) is 6.32. The first kappa shape index (κ1) is 19.8. The van der Waals surface area contributed by atoms with Crippen LogP contribution in [0.3, 0.4) is 0 Å². The topological polar surface area (TPSA) is 68.2 Å². The maximum atomic E-state index is 12.9. The fraction of sp³-hybridized carbons (Fsp3) is 0.292. The molecular formula is C24H21ClN2O4. The van der Waals surface area contributed by atoms with E-state index in [2.05, 4.69) is 17.3 Å². The van der Waals surface area contributed by atoms with Gasteiger partial charge in [0.25, 0.3) is 11.8 Å². The van der Waals surface area contributed by atoms with Gasteiger partial charge in [-0.3, -0.25) is 9.59 Å². The number of carbonyl (C=O) groups is 2. The normalized spacial score (nSPS) is 26.2. The van der Waals surface area contributed by atoms with Crippen LogP contribution >= 0.6 is 11.6 Å². The Hall–Kier alpha value is -3.12. The number of ether oxygens (including phenoxy) is 2. The second kappa shape index (κ2) is 7.85. The van der Waals surface area contributed by atoms with Gasteiger partial charge in [0.15, 0.2) is 11.5 Å². The predicted octanol–water partition coefficient (Wildman–Crippen LogP) is 4.07. The molecule has 2 aromatic rings. The zero-order valence-corrected chi connectivity index (χ0v) is 17.7. The van der Waals surface area contributed by atoms with Crippen molar-refractivity contribution in [2.75, 3.05) is 7.11 Å². The highest BCUT2D eigenvalue weighted by molar-refractivity contribution is 6.31. The summed E-state index contributed by atoms with van der Waals surface area (Å²) < 4.78 is 11.5. The monoisotopic (exact) mass is 436 g/mol. The summed E-state index contributed by atoms with van der Waals surface area (Å²) in [7, 11) is 1.55. The van der Waals surface area contributed by atoms with E-state index in [1.165, 1.54) is 6.21 Å². The molecule has 1 aliphatic heterocycles. The van der Waals surface area contributed by atoms with Crippen molar-refractivity contribution in [2.45, 2.75) is 13.0 Å². The van der Waals surface area contributed by atoms with Crippen molar-refractivity contribution in [3.8, 4) is 11.5 Å². The van der Waals surface area contributed by atoms with Crippen LogP contribution < -0.4 is 9.47 Å². The van der Waals surface area contributed by atoms with Gasteiger partial charge in [-0.1, -0.05) is 48.0 Å². The number of carbonyl (C=O) groups excluding carboxylic acids is 2. The van der Waals surface area contributed by atoms with E-state index in [4.69, 9.17) is 21.1 Å². The zero-order valence-electron chi connectivity index (χ0n) is 16.9. The number of amides is 2. The first-order valence-electron chi connectivity index (χ1n) is 10.2. The van der Waals surface area contributed by atoms with Crippen LogP contribution in [0.1, 0.15) is 17.5 Å². The fourth-order valence-electron chi connectivity index (χ4n) is 4.84. The van der Waals surface area contributed by atoms with E-state index >= 15 is 0 Å². The number of rotatable bonds is 6. The molecule has 0 aromatic heterocycles. The lowest BCUT2D eigenvalue weighted by Gasteiger charge is -2.15. The molecule has 4 atom stereocenters. The number of fused-ring (bicyclic) bond motifs is 5. The highest BCUT2D eigenvalue weighted by atomic mass is 35.5. The number of halogens is 1. The molecule has 0 spiro atoms. The maximum absolute atomic E-state index is 12.9. The molecule has 0 radical (unpaired) electrons. The van der Waals surface area contributed by atoms with Crippen LogP contribution in [0, 0.1) is 23.7 Å². The third kappa shape index (κ3) is 3.31. The number of benzene rings is 2. The predicted molar refractivity (Wildman–Crippen MR) is 116 cm³/mol. The van der Waals surface area contributed by atoms with Gasteiger partial charge >= 0.3 is 0 Å². The van der Waals surface area contributed by atoms with Gasteiger partial charge in [0.05, 0.1) is 25.2 Å². The second-order valence-corrected chi connectivity index (χ2v) is 8.40. The largest absolute Gasteiger partial charge is 0.493 e. The molecule has 1 heterocycles. The van der Waals surface area contributed by atoms with Crippen LogP contribution in [0.25, 0.3) is 0 Å². The molecule has 0 N–H and O–H groups in total. The first-order valence-corrected chi connectivity index (χ1v) is 10.6. The van der Waals surface area contributed by atoms with E-state index in [1.807, 2.05) is 18.2 Å². The molecule has 2 amide bonds. The summed E-state index contributed by atoms with van der Waals surface area (Å²) in [5, 5.41) is 5.90. The molecule has 2 aromatic carbocycles. The van der Waals surface area contributed by atoms with Crippen molar-refractivity contribution in [3.05, 3.63) is 70.8 Å². The molecule has 1 saturated carbocycles. The highest BCUT2D eigenvalue weighted by Crippen LogP contribution is 2.52. The van der Waals surface area contributed by atoms with Gasteiger partial charge < -0.3 is 9.47 Å². The number of methoxy groups -OCH3 is 1. The average molecular weight is 437 g/mol. The Labute approximate surface area is 185 Å². The van der Waals surface area contributed by atoms with E-state index in [0.29, 0.717) is 22.1 Å². The van der Waals surface area contributed by atoms with Crippen LogP contribution in [0.4, 0.5) is 0 Å². The van der Waals surface area contributed by atoms with Gasteiger partial charge in [0.1, 0.15) is 6.61 Å². The minimum absolute atomic E-state index is 0.151. The van der Waals surface area contributed by atoms with E-state index < -0.39 is 0 Å². The van der Waals surface area contributed by atoms with E-state index in [9.17, 15) is 9.59 Å². The summed E-state index contributed by atoms with van der Waals surface area (Å²) in [6.45, 7) is 0.238. The Bertz CT molecular complexity index is 1080. The van der Waals surface area contributed by atoms with Crippen molar-refractivity contribution in [2.24, 2.45) is 28.8 Å². The second-order valence-electron chi connectivity index (χ2n) is 7.99. The smallest absolute Gasteiger partial charge is 0.254 e. The molecule has 1 saturated heterocycles. The van der Waals surface area contributed by atoms with Gasteiger partial charge in [-0.25, -0.2) is 0 Å². The van der Waals surface area contributed by atoms with Gasteiger partial charge in [-0.05, 0) is 36.5 Å². The Morgan fingerprint density at radius 1 is 1.06 bits per heavy atom. The van der Waals surface area contributed by atoms with Crippen molar-refractivity contribution < 1.29 is 19.1 Å². The van der Waals surface area contributed by atoms with Crippen molar-refractivity contribution >= 4 is 29.6 Å². The zero-order chi connectivity index (χ0) is 21.5. The molecule has 7 heteroatoms. The Morgan fingerprint density at radius 2 is 1.77 bits per heavy atom. The quantitative estimate of drug-likeness (QED) is 0.389. The minimum atomic E-state index is -0.277. The van der Waals surface area contributed by atoms with Crippen molar-refractivity contribution in [1.29, 1.82) is 0 Å². The minimum Gasteiger partial charge on any atom is -0.493 e. The van der Waals surface area contributed by atoms with Crippen LogP contribution in [0.15, 0.2) is 59.7 Å². The molecule has 5 rings (SSSR count). The lowest BCUT2D eigenvalue weighted by atomic mass is 9.85. The standard InChI is InChI=1S/C24H21ClN2O4/c1-30-19-8-4-6-16(22(19)31-13-17-5-2-3-7-18(17)25)12-26-27-23(28)20-14-9-10-15(11-14)21(20)24(27)29/h2-10,12,14-15,20-21H,11,13H2,1H3/t14-,15-,20-,21+/m0/s1. The van der Waals surface area contributed by atoms with E-state index in [1.54, 1.807) is 31.4 Å². The summed E-state index contributed by atoms with van der Waals surface area (Å²) in [4.78, 5) is 25.7. The first-order chi connectivity index (χ1) is 15.1.